The molecular formula is C22H26BN3O4. The number of carbonyl (C=O) groups is 2. The van der Waals surface area contributed by atoms with Crippen molar-refractivity contribution in [1.29, 1.82) is 5.26 Å². The molecule has 156 valence electrons. The van der Waals surface area contributed by atoms with Gasteiger partial charge in [0.05, 0.1) is 18.2 Å². The van der Waals surface area contributed by atoms with Gasteiger partial charge in [0.2, 0.25) is 5.91 Å². The molecule has 0 aromatic heterocycles. The first-order valence-corrected chi connectivity index (χ1v) is 10.6. The summed E-state index contributed by atoms with van der Waals surface area (Å²) in [5.74, 6) is 1.88. The number of nitrogens with zero attached hydrogens (tertiary/aromatic N) is 1. The van der Waals surface area contributed by atoms with Gasteiger partial charge in [0.15, 0.2) is 0 Å². The van der Waals surface area contributed by atoms with E-state index < -0.39 is 12.0 Å². The van der Waals surface area contributed by atoms with Crippen molar-refractivity contribution < 1.29 is 19.4 Å². The largest absolute Gasteiger partial charge is 0.493 e. The number of hydrogen-bond acceptors (Lipinski definition) is 5. The molecule has 0 bridgehead atoms. The van der Waals surface area contributed by atoms with Crippen molar-refractivity contribution in [3.63, 3.8) is 0 Å². The smallest absolute Gasteiger partial charge is 0.336 e. The van der Waals surface area contributed by atoms with E-state index in [-0.39, 0.29) is 30.1 Å². The van der Waals surface area contributed by atoms with E-state index in [9.17, 15) is 20.0 Å². The number of nitrogens with one attached hydrogen (secondary N) is 2. The van der Waals surface area contributed by atoms with Crippen LogP contribution in [0.25, 0.3) is 0 Å². The molecule has 1 aromatic rings. The lowest BCUT2D eigenvalue weighted by atomic mass is 9.38. The van der Waals surface area contributed by atoms with E-state index >= 15 is 0 Å². The van der Waals surface area contributed by atoms with Gasteiger partial charge in [-0.3, -0.25) is 4.79 Å². The van der Waals surface area contributed by atoms with Gasteiger partial charge in [0, 0.05) is 34.8 Å². The van der Waals surface area contributed by atoms with Gasteiger partial charge in [-0.2, -0.15) is 0 Å². The minimum atomic E-state index is -1.01. The summed E-state index contributed by atoms with van der Waals surface area (Å²) >= 11 is 0. The van der Waals surface area contributed by atoms with Gasteiger partial charge in [0.1, 0.15) is 5.75 Å². The van der Waals surface area contributed by atoms with Crippen molar-refractivity contribution in [1.82, 2.24) is 10.6 Å². The van der Waals surface area contributed by atoms with Crippen molar-refractivity contribution >= 4 is 18.6 Å². The molecule has 0 radical (unpaired) electrons. The molecule has 1 aromatic carbocycles. The Morgan fingerprint density at radius 2 is 2.17 bits per heavy atom. The van der Waals surface area contributed by atoms with Gasteiger partial charge in [-0.05, 0) is 38.2 Å². The highest BCUT2D eigenvalue weighted by Gasteiger charge is 2.43. The lowest BCUT2D eigenvalue weighted by molar-refractivity contribution is -0.123. The Hall–Kier alpha value is -2.79. The molecule has 3 aliphatic rings. The van der Waals surface area contributed by atoms with Gasteiger partial charge >= 0.3 is 5.97 Å². The van der Waals surface area contributed by atoms with E-state index in [0.29, 0.717) is 36.5 Å². The van der Waals surface area contributed by atoms with Crippen LogP contribution in [0, 0.1) is 11.2 Å². The number of amides is 1. The first-order chi connectivity index (χ1) is 14.4. The van der Waals surface area contributed by atoms with E-state index in [1.165, 1.54) is 0 Å². The molecule has 30 heavy (non-hydrogen) atoms. The molecular weight excluding hydrogens is 381 g/mol. The summed E-state index contributed by atoms with van der Waals surface area (Å²) in [5, 5.41) is 25.0. The Kier molecular flexibility index (Phi) is 5.57. The van der Waals surface area contributed by atoms with Crippen LogP contribution in [0.3, 0.4) is 0 Å². The van der Waals surface area contributed by atoms with Crippen molar-refractivity contribution in [2.75, 3.05) is 6.61 Å². The molecule has 2 fully saturated rings. The molecule has 1 unspecified atom stereocenters. The second-order valence-corrected chi connectivity index (χ2v) is 8.62. The minimum Gasteiger partial charge on any atom is -0.493 e. The summed E-state index contributed by atoms with van der Waals surface area (Å²) in [6.07, 6.45) is 5.74. The number of hydrogen-bond donors (Lipinski definition) is 3. The van der Waals surface area contributed by atoms with Crippen LogP contribution in [0.5, 0.6) is 5.75 Å². The molecule has 1 atom stereocenters. The number of nitriles is 1. The molecule has 0 aliphatic carbocycles. The number of aromatic carboxylic acids is 1. The highest BCUT2D eigenvalue weighted by atomic mass is 16.5. The number of benzene rings is 1. The molecule has 1 amide bonds. The summed E-state index contributed by atoms with van der Waals surface area (Å²) in [4.78, 5) is 24.1. The fraction of sp³-hybridized carbons (Fsp3) is 0.500. The highest BCUT2D eigenvalue weighted by molar-refractivity contribution is 6.67. The first-order valence-electron chi connectivity index (χ1n) is 10.6. The van der Waals surface area contributed by atoms with Crippen molar-refractivity contribution in [2.45, 2.75) is 62.7 Å². The molecule has 0 saturated carbocycles. The number of ether oxygens (including phenoxy) is 1. The lowest BCUT2D eigenvalue weighted by Crippen LogP contribution is -2.47. The third-order valence-corrected chi connectivity index (χ3v) is 6.89. The molecule has 3 aliphatic heterocycles. The van der Waals surface area contributed by atoms with Gasteiger partial charge in [-0.25, -0.2) is 10.1 Å². The quantitative estimate of drug-likeness (QED) is 0.662. The van der Waals surface area contributed by atoms with Crippen LogP contribution in [0.2, 0.25) is 12.6 Å². The van der Waals surface area contributed by atoms with Crippen LogP contribution < -0.4 is 15.4 Å². The van der Waals surface area contributed by atoms with Gasteiger partial charge < -0.3 is 20.5 Å². The maximum atomic E-state index is 12.2. The van der Waals surface area contributed by atoms with Gasteiger partial charge in [0.25, 0.3) is 6.71 Å². The molecule has 1 spiro atoms. The molecule has 3 N–H and O–H groups in total. The van der Waals surface area contributed by atoms with E-state index in [1.54, 1.807) is 6.07 Å². The predicted octanol–water partition coefficient (Wildman–Crippen LogP) is 2.64. The Bertz CT molecular complexity index is 931. The van der Waals surface area contributed by atoms with Crippen LogP contribution >= 0.6 is 0 Å². The van der Waals surface area contributed by atoms with Crippen LogP contribution in [0.4, 0.5) is 0 Å². The fourth-order valence-corrected chi connectivity index (χ4v) is 5.08. The number of carboxylic acids is 1. The minimum absolute atomic E-state index is 0.0628. The highest BCUT2D eigenvalue weighted by Crippen LogP contribution is 2.50. The monoisotopic (exact) mass is 407 g/mol. The Balaban J connectivity index is 1.64. The summed E-state index contributed by atoms with van der Waals surface area (Å²) in [6, 6.07) is 3.16. The maximum Gasteiger partial charge on any atom is 0.336 e. The zero-order chi connectivity index (χ0) is 21.3. The van der Waals surface area contributed by atoms with Crippen LogP contribution in [0.1, 0.15) is 53.6 Å². The zero-order valence-electron chi connectivity index (χ0n) is 17.0. The molecule has 7 nitrogen and oxygen atoms in total. The molecule has 2 saturated heterocycles. The molecule has 4 rings (SSSR count). The topological polar surface area (TPSA) is 111 Å². The van der Waals surface area contributed by atoms with Gasteiger partial charge in [-0.1, -0.05) is 25.3 Å². The summed E-state index contributed by atoms with van der Waals surface area (Å²) in [6.45, 7) is 4.67. The number of rotatable bonds is 4. The average molecular weight is 407 g/mol. The first kappa shape index (κ1) is 20.5. The second-order valence-electron chi connectivity index (χ2n) is 8.62. The third-order valence-electron chi connectivity index (χ3n) is 6.89. The van der Waals surface area contributed by atoms with E-state index in [4.69, 9.17) is 4.74 Å². The number of allylic oxidation sites excluding steroid dienone is 1. The Morgan fingerprint density at radius 1 is 1.40 bits per heavy atom. The van der Waals surface area contributed by atoms with Crippen LogP contribution in [-0.4, -0.2) is 36.3 Å². The van der Waals surface area contributed by atoms with E-state index in [2.05, 4.69) is 23.2 Å². The van der Waals surface area contributed by atoms with Crippen molar-refractivity contribution in [3.05, 3.63) is 41.1 Å². The number of piperidine rings is 1. The number of carboxylic acid groups (broad SMARTS) is 1. The fourth-order valence-electron chi connectivity index (χ4n) is 5.08. The van der Waals surface area contributed by atoms with Crippen molar-refractivity contribution in [2.24, 2.45) is 0 Å². The van der Waals surface area contributed by atoms with E-state index in [0.717, 1.165) is 37.5 Å². The predicted molar refractivity (Wildman–Crippen MR) is 113 cm³/mol. The summed E-state index contributed by atoms with van der Waals surface area (Å²) in [5.41, 5.74) is 2.49. The van der Waals surface area contributed by atoms with E-state index in [1.807, 2.05) is 6.07 Å². The van der Waals surface area contributed by atoms with Crippen LogP contribution in [0.15, 0.2) is 24.4 Å². The normalized spacial score (nSPS) is 22.6. The molecule has 8 heteroatoms. The van der Waals surface area contributed by atoms with Crippen LogP contribution in [-0.2, 0) is 16.8 Å². The average Bonchev–Trinajstić information content (AvgIpc) is 2.73. The summed E-state index contributed by atoms with van der Waals surface area (Å²) < 4.78 is 6.03. The molecule has 3 heterocycles. The standard InChI is InChI=1S/C22H26BN3O4/c1-14-2-5-18(20(27)26-14)25-12-16-15(21(28)29)3-4-17-19(16)30-11-8-22(17)6-9-23(13-24)10-7-22/h3-4,18,25H,1-2,5-12H2,(H,26,27)(H,28,29). The SMILES string of the molecule is C=C1CCC(NCc2c(C(=O)O)ccc3c2OCCC32CCB(C#N)CC2)C(=O)N1. The van der Waals surface area contributed by atoms with Crippen molar-refractivity contribution in [3.8, 4) is 11.7 Å². The maximum absolute atomic E-state index is 12.2. The van der Waals surface area contributed by atoms with Gasteiger partial charge in [-0.15, -0.1) is 0 Å². The third kappa shape index (κ3) is 3.70. The summed E-state index contributed by atoms with van der Waals surface area (Å²) in [7, 11) is 0. The zero-order valence-corrected chi connectivity index (χ0v) is 17.0. The number of carbonyl (C=O) groups excluding carboxylic acids is 1. The Labute approximate surface area is 176 Å². The number of fused-ring (bicyclic) bond motifs is 2. The second kappa shape index (κ2) is 8.15. The lowest BCUT2D eigenvalue weighted by Gasteiger charge is -2.43. The Morgan fingerprint density at radius 3 is 2.83 bits per heavy atom.